The summed E-state index contributed by atoms with van der Waals surface area (Å²) in [5, 5.41) is 3.75. The Hall–Kier alpha value is -1.26. The molecule has 0 bridgehead atoms. The summed E-state index contributed by atoms with van der Waals surface area (Å²) in [5.74, 6) is -0.213. The molecular formula is C17H24Cl2N2O2. The number of halogens is 2. The van der Waals surface area contributed by atoms with Gasteiger partial charge in [-0.15, -0.1) is 0 Å². The summed E-state index contributed by atoms with van der Waals surface area (Å²) in [6, 6.07) is 4.71. The van der Waals surface area contributed by atoms with Crippen molar-refractivity contribution in [3.8, 4) is 0 Å². The van der Waals surface area contributed by atoms with E-state index in [9.17, 15) is 9.59 Å². The molecule has 1 rings (SSSR count). The zero-order valence-corrected chi connectivity index (χ0v) is 15.5. The molecular weight excluding hydrogens is 335 g/mol. The van der Waals surface area contributed by atoms with E-state index in [-0.39, 0.29) is 17.9 Å². The van der Waals surface area contributed by atoms with E-state index >= 15 is 0 Å². The van der Waals surface area contributed by atoms with Crippen LogP contribution in [0.5, 0.6) is 0 Å². The van der Waals surface area contributed by atoms with Gasteiger partial charge in [-0.25, -0.2) is 0 Å². The Morgan fingerprint density at radius 2 is 1.83 bits per heavy atom. The largest absolute Gasteiger partial charge is 0.352 e. The normalized spacial score (nSPS) is 12.1. The highest BCUT2D eigenvalue weighted by Gasteiger charge is 2.26. The minimum absolute atomic E-state index is 0.0260. The summed E-state index contributed by atoms with van der Waals surface area (Å²) in [6.45, 7) is 7.78. The number of hydrogen-bond acceptors (Lipinski definition) is 2. The van der Waals surface area contributed by atoms with Crippen LogP contribution in [0.25, 0.3) is 0 Å². The predicted molar refractivity (Wildman–Crippen MR) is 94.7 cm³/mol. The molecule has 23 heavy (non-hydrogen) atoms. The van der Waals surface area contributed by atoms with Gasteiger partial charge in [0.05, 0.1) is 10.0 Å². The average molecular weight is 359 g/mol. The van der Waals surface area contributed by atoms with E-state index < -0.39 is 6.04 Å². The highest BCUT2D eigenvalue weighted by Crippen LogP contribution is 2.24. The van der Waals surface area contributed by atoms with Crippen molar-refractivity contribution in [3.05, 3.63) is 33.8 Å². The second-order valence-electron chi connectivity index (χ2n) is 5.86. The summed E-state index contributed by atoms with van der Waals surface area (Å²) in [5.41, 5.74) is 0.841. The van der Waals surface area contributed by atoms with Crippen LogP contribution in [0.3, 0.4) is 0 Å². The Kier molecular flexibility index (Phi) is 7.86. The van der Waals surface area contributed by atoms with Crippen LogP contribution in [-0.4, -0.2) is 28.8 Å². The zero-order chi connectivity index (χ0) is 17.6. The molecule has 2 amide bonds. The summed E-state index contributed by atoms with van der Waals surface area (Å²) in [6.07, 6.45) is 1.13. The molecule has 6 heteroatoms. The first-order chi connectivity index (χ1) is 10.8. The molecule has 0 spiro atoms. The first-order valence-corrected chi connectivity index (χ1v) is 8.55. The highest BCUT2D eigenvalue weighted by molar-refractivity contribution is 6.42. The van der Waals surface area contributed by atoms with Gasteiger partial charge in [0, 0.05) is 19.0 Å². The summed E-state index contributed by atoms with van der Waals surface area (Å²) in [4.78, 5) is 26.3. The van der Waals surface area contributed by atoms with E-state index in [1.807, 2.05) is 26.8 Å². The first kappa shape index (κ1) is 19.8. The summed E-state index contributed by atoms with van der Waals surface area (Å²) in [7, 11) is 0. The molecule has 0 unspecified atom stereocenters. The van der Waals surface area contributed by atoms with Gasteiger partial charge in [0.2, 0.25) is 11.8 Å². The number of carbonyl (C=O) groups is 2. The number of amides is 2. The van der Waals surface area contributed by atoms with E-state index in [1.165, 1.54) is 0 Å². The van der Waals surface area contributed by atoms with Crippen molar-refractivity contribution in [1.29, 1.82) is 0 Å². The lowest BCUT2D eigenvalue weighted by atomic mass is 10.1. The lowest BCUT2D eigenvalue weighted by Gasteiger charge is -2.29. The number of nitrogens with zero attached hydrogens (tertiary/aromatic N) is 1. The van der Waals surface area contributed by atoms with E-state index in [1.54, 1.807) is 24.0 Å². The average Bonchev–Trinajstić information content (AvgIpc) is 2.47. The van der Waals surface area contributed by atoms with Crippen molar-refractivity contribution in [2.45, 2.75) is 59.2 Å². The quantitative estimate of drug-likeness (QED) is 0.799. The molecule has 1 atom stereocenters. The maximum atomic E-state index is 12.4. The first-order valence-electron chi connectivity index (χ1n) is 7.80. The molecule has 0 saturated heterocycles. The van der Waals surface area contributed by atoms with Gasteiger partial charge in [-0.05, 0) is 44.9 Å². The SMILES string of the molecule is CCCC(=O)N(Cc1ccc(Cl)c(Cl)c1)[C@H](C)C(=O)NC(C)C. The van der Waals surface area contributed by atoms with Crippen LogP contribution in [0.1, 0.15) is 46.1 Å². The molecule has 4 nitrogen and oxygen atoms in total. The number of nitrogens with one attached hydrogen (secondary N) is 1. The molecule has 128 valence electrons. The van der Waals surface area contributed by atoms with Gasteiger partial charge in [-0.2, -0.15) is 0 Å². The molecule has 1 N–H and O–H groups in total. The van der Waals surface area contributed by atoms with Crippen LogP contribution < -0.4 is 5.32 Å². The number of rotatable bonds is 7. The third-order valence-electron chi connectivity index (χ3n) is 3.40. The Morgan fingerprint density at radius 3 is 2.35 bits per heavy atom. The second kappa shape index (κ2) is 9.14. The smallest absolute Gasteiger partial charge is 0.242 e. The Balaban J connectivity index is 2.97. The van der Waals surface area contributed by atoms with Crippen LogP contribution in [0.4, 0.5) is 0 Å². The minimum Gasteiger partial charge on any atom is -0.352 e. The molecule has 0 aliphatic rings. The van der Waals surface area contributed by atoms with Crippen LogP contribution in [-0.2, 0) is 16.1 Å². The van der Waals surface area contributed by atoms with E-state index in [4.69, 9.17) is 23.2 Å². The molecule has 0 fully saturated rings. The Bertz CT molecular complexity index is 562. The molecule has 0 aromatic heterocycles. The molecule has 1 aromatic carbocycles. The standard InChI is InChI=1S/C17H24Cl2N2O2/c1-5-6-16(22)21(12(4)17(23)20-11(2)3)10-13-7-8-14(18)15(19)9-13/h7-9,11-12H,5-6,10H2,1-4H3,(H,20,23)/t12-/m1/s1. The van der Waals surface area contributed by atoms with Gasteiger partial charge >= 0.3 is 0 Å². The number of carbonyl (C=O) groups excluding carboxylic acids is 2. The van der Waals surface area contributed by atoms with Gasteiger partial charge in [-0.1, -0.05) is 36.2 Å². The molecule has 0 aliphatic heterocycles. The van der Waals surface area contributed by atoms with Crippen LogP contribution >= 0.6 is 23.2 Å². The van der Waals surface area contributed by atoms with E-state index in [0.717, 1.165) is 12.0 Å². The highest BCUT2D eigenvalue weighted by atomic mass is 35.5. The van der Waals surface area contributed by atoms with Crippen molar-refractivity contribution in [3.63, 3.8) is 0 Å². The van der Waals surface area contributed by atoms with Crippen LogP contribution in [0, 0.1) is 0 Å². The molecule has 0 heterocycles. The van der Waals surface area contributed by atoms with Crippen molar-refractivity contribution < 1.29 is 9.59 Å². The minimum atomic E-state index is -0.550. The molecule has 0 radical (unpaired) electrons. The van der Waals surface area contributed by atoms with Crippen molar-refractivity contribution in [1.82, 2.24) is 10.2 Å². The van der Waals surface area contributed by atoms with Gasteiger partial charge in [-0.3, -0.25) is 9.59 Å². The fourth-order valence-corrected chi connectivity index (χ4v) is 2.50. The van der Waals surface area contributed by atoms with Crippen molar-refractivity contribution >= 4 is 35.0 Å². The van der Waals surface area contributed by atoms with Gasteiger partial charge in [0.15, 0.2) is 0 Å². The molecule has 0 aliphatic carbocycles. The fraction of sp³-hybridized carbons (Fsp3) is 0.529. The van der Waals surface area contributed by atoms with Crippen molar-refractivity contribution in [2.75, 3.05) is 0 Å². The Morgan fingerprint density at radius 1 is 1.17 bits per heavy atom. The Labute approximate surface area is 148 Å². The monoisotopic (exact) mass is 358 g/mol. The maximum absolute atomic E-state index is 12.4. The second-order valence-corrected chi connectivity index (χ2v) is 6.67. The fourth-order valence-electron chi connectivity index (χ4n) is 2.18. The summed E-state index contributed by atoms with van der Waals surface area (Å²) >= 11 is 12.0. The van der Waals surface area contributed by atoms with Crippen molar-refractivity contribution in [2.24, 2.45) is 0 Å². The lowest BCUT2D eigenvalue weighted by molar-refractivity contribution is -0.140. The number of benzene rings is 1. The van der Waals surface area contributed by atoms with Crippen LogP contribution in [0.15, 0.2) is 18.2 Å². The number of hydrogen-bond donors (Lipinski definition) is 1. The third kappa shape index (κ3) is 6.04. The predicted octanol–water partition coefficient (Wildman–Crippen LogP) is 4.04. The van der Waals surface area contributed by atoms with E-state index in [0.29, 0.717) is 23.0 Å². The van der Waals surface area contributed by atoms with Gasteiger partial charge < -0.3 is 10.2 Å². The third-order valence-corrected chi connectivity index (χ3v) is 4.14. The topological polar surface area (TPSA) is 49.4 Å². The summed E-state index contributed by atoms with van der Waals surface area (Å²) < 4.78 is 0. The zero-order valence-electron chi connectivity index (χ0n) is 14.0. The molecule has 1 aromatic rings. The lowest BCUT2D eigenvalue weighted by Crippen LogP contribution is -2.49. The van der Waals surface area contributed by atoms with Gasteiger partial charge in [0.25, 0.3) is 0 Å². The van der Waals surface area contributed by atoms with E-state index in [2.05, 4.69) is 5.32 Å². The van der Waals surface area contributed by atoms with Crippen LogP contribution in [0.2, 0.25) is 10.0 Å². The maximum Gasteiger partial charge on any atom is 0.242 e. The molecule has 0 saturated carbocycles. The van der Waals surface area contributed by atoms with Gasteiger partial charge in [0.1, 0.15) is 6.04 Å².